The number of phosphoric acid groups is 3. The SMILES string of the molecule is CC#CCOCSSC(C)(C)CNC.C[C@H]1CC[C@@H](COP(=O)(O)OP(=O)(O)OP(=O)(O)O)O1. The van der Waals surface area contributed by atoms with Crippen LogP contribution in [0.15, 0.2) is 0 Å². The van der Waals surface area contributed by atoms with Crippen LogP contribution in [0.5, 0.6) is 0 Å². The van der Waals surface area contributed by atoms with E-state index in [2.05, 4.69) is 44.2 Å². The normalized spacial score (nSPS) is 22.0. The highest BCUT2D eigenvalue weighted by Gasteiger charge is 2.41. The number of nitrogens with one attached hydrogen (secondary N) is 1. The van der Waals surface area contributed by atoms with Gasteiger partial charge in [-0.2, -0.15) is 8.62 Å². The first-order chi connectivity index (χ1) is 15.5. The predicted molar refractivity (Wildman–Crippen MR) is 131 cm³/mol. The summed E-state index contributed by atoms with van der Waals surface area (Å²) >= 11 is 0. The van der Waals surface area contributed by atoms with E-state index in [9.17, 15) is 13.7 Å². The minimum absolute atomic E-state index is 0.0375. The highest BCUT2D eigenvalue weighted by atomic mass is 33.1. The Morgan fingerprint density at radius 2 is 1.76 bits per heavy atom. The topological polar surface area (TPSA) is 190 Å². The minimum Gasteiger partial charge on any atom is -0.373 e. The van der Waals surface area contributed by atoms with Crippen molar-refractivity contribution in [2.75, 3.05) is 32.7 Å². The Bertz CT molecular complexity index is 800. The van der Waals surface area contributed by atoms with Crippen LogP contribution in [0.4, 0.5) is 0 Å². The van der Waals surface area contributed by atoms with Crippen molar-refractivity contribution >= 4 is 45.1 Å². The molecule has 0 amide bonds. The summed E-state index contributed by atoms with van der Waals surface area (Å²) in [6.07, 6.45) is 0.779. The molecule has 0 aromatic heterocycles. The lowest BCUT2D eigenvalue weighted by molar-refractivity contribution is 0.0184. The molecule has 0 aromatic rings. The third kappa shape index (κ3) is 19.7. The van der Waals surface area contributed by atoms with Crippen LogP contribution >= 0.6 is 45.1 Å². The zero-order valence-corrected chi connectivity index (χ0v) is 23.9. The first-order valence-corrected chi connectivity index (χ1v) is 16.7. The van der Waals surface area contributed by atoms with Crippen molar-refractivity contribution in [2.24, 2.45) is 0 Å². The summed E-state index contributed by atoms with van der Waals surface area (Å²) < 4.78 is 55.1. The number of hydrogen-bond acceptors (Lipinski definition) is 11. The highest BCUT2D eigenvalue weighted by molar-refractivity contribution is 8.77. The fourth-order valence-electron chi connectivity index (χ4n) is 2.33. The van der Waals surface area contributed by atoms with Crippen LogP contribution in [0.2, 0.25) is 0 Å². The van der Waals surface area contributed by atoms with Crippen LogP contribution in [0.3, 0.4) is 0 Å². The van der Waals surface area contributed by atoms with Crippen LogP contribution in [0.1, 0.15) is 40.5 Å². The fraction of sp³-hybridized carbons (Fsp3) is 0.875. The van der Waals surface area contributed by atoms with Gasteiger partial charge in [-0.3, -0.25) is 4.52 Å². The first kappa shape index (κ1) is 34.6. The van der Waals surface area contributed by atoms with E-state index in [0.29, 0.717) is 19.0 Å². The zero-order chi connectivity index (χ0) is 26.5. The molecule has 13 nitrogen and oxygen atoms in total. The molecule has 34 heavy (non-hydrogen) atoms. The Kier molecular flexibility index (Phi) is 16.7. The summed E-state index contributed by atoms with van der Waals surface area (Å²) in [5.74, 6) is 6.36. The number of phosphoric ester groups is 1. The molecule has 0 saturated carbocycles. The Labute approximate surface area is 208 Å². The molecule has 1 fully saturated rings. The van der Waals surface area contributed by atoms with Crippen molar-refractivity contribution in [1.29, 1.82) is 0 Å². The number of ether oxygens (including phenoxy) is 2. The molecule has 0 aliphatic carbocycles. The van der Waals surface area contributed by atoms with Gasteiger partial charge in [0.15, 0.2) is 0 Å². The van der Waals surface area contributed by atoms with Crippen molar-refractivity contribution in [1.82, 2.24) is 5.32 Å². The molecule has 0 aromatic carbocycles. The molecule has 1 aliphatic rings. The molecule has 1 heterocycles. The van der Waals surface area contributed by atoms with Gasteiger partial charge in [0.05, 0.1) is 18.8 Å². The van der Waals surface area contributed by atoms with Crippen LogP contribution in [-0.4, -0.2) is 69.3 Å². The molecule has 0 spiro atoms. The van der Waals surface area contributed by atoms with E-state index in [-0.39, 0.29) is 17.5 Å². The van der Waals surface area contributed by atoms with Crippen molar-refractivity contribution in [3.8, 4) is 11.8 Å². The molecular formula is C16H34NO12P3S2. The molecule has 5 N–H and O–H groups in total. The van der Waals surface area contributed by atoms with Gasteiger partial charge >= 0.3 is 23.5 Å². The summed E-state index contributed by atoms with van der Waals surface area (Å²) in [7, 11) is -10.3. The second-order valence-corrected chi connectivity index (χ2v) is 14.8. The molecule has 0 radical (unpaired) electrons. The summed E-state index contributed by atoms with van der Waals surface area (Å²) in [6.45, 7) is 9.20. The van der Waals surface area contributed by atoms with Crippen molar-refractivity contribution in [2.45, 2.75) is 57.5 Å². The fourth-order valence-corrected chi connectivity index (χ4v) is 7.58. The molecule has 18 heteroatoms. The lowest BCUT2D eigenvalue weighted by Gasteiger charge is -2.22. The standard InChI is InChI=1S/C10H19NOS2.C6H15O11P3/c1-5-6-7-12-9-13-14-10(2,3)8-11-4;1-5-2-3-6(15-5)4-14-19(10,11)17-20(12,13)16-18(7,8)9/h11H,7-9H2,1-4H3;5-6H,2-4H2,1H3,(H,10,11)(H,12,13)(H2,7,8,9)/t;5-,6-/m.0/s1. The molecule has 1 rings (SSSR count). The molecule has 4 atom stereocenters. The van der Waals surface area contributed by atoms with Crippen LogP contribution in [-0.2, 0) is 36.3 Å². The number of rotatable bonds is 14. The molecular weight excluding hydrogens is 555 g/mol. The lowest BCUT2D eigenvalue weighted by Crippen LogP contribution is -2.28. The monoisotopic (exact) mass is 589 g/mol. The van der Waals surface area contributed by atoms with E-state index in [1.807, 2.05) is 24.8 Å². The maximum absolute atomic E-state index is 11.3. The average Bonchev–Trinajstić information content (AvgIpc) is 3.06. The van der Waals surface area contributed by atoms with Gasteiger partial charge in [-0.05, 0) is 47.6 Å². The first-order valence-electron chi connectivity index (χ1n) is 9.87. The predicted octanol–water partition coefficient (Wildman–Crippen LogP) is 3.26. The van der Waals surface area contributed by atoms with E-state index < -0.39 is 29.6 Å². The third-order valence-corrected chi connectivity index (χ3v) is 10.3. The van der Waals surface area contributed by atoms with Crippen LogP contribution in [0.25, 0.3) is 0 Å². The van der Waals surface area contributed by atoms with E-state index in [1.165, 1.54) is 0 Å². The molecule has 0 bridgehead atoms. The largest absolute Gasteiger partial charge is 0.490 e. The Balaban J connectivity index is 0.000000686. The lowest BCUT2D eigenvalue weighted by atomic mass is 10.2. The summed E-state index contributed by atoms with van der Waals surface area (Å²) in [4.78, 5) is 34.7. The summed E-state index contributed by atoms with van der Waals surface area (Å²) in [6, 6.07) is 0. The molecule has 202 valence electrons. The zero-order valence-electron chi connectivity index (χ0n) is 19.6. The van der Waals surface area contributed by atoms with Gasteiger partial charge in [-0.1, -0.05) is 27.5 Å². The van der Waals surface area contributed by atoms with Gasteiger partial charge in [0.1, 0.15) is 12.5 Å². The Hall–Kier alpha value is 0.550. The van der Waals surface area contributed by atoms with Gasteiger partial charge in [0, 0.05) is 11.3 Å². The van der Waals surface area contributed by atoms with Gasteiger partial charge in [0.2, 0.25) is 0 Å². The molecule has 1 aliphatic heterocycles. The maximum Gasteiger partial charge on any atom is 0.490 e. The maximum atomic E-state index is 11.3. The second kappa shape index (κ2) is 16.4. The molecule has 2 unspecified atom stereocenters. The van der Waals surface area contributed by atoms with Crippen molar-refractivity contribution in [3.05, 3.63) is 0 Å². The van der Waals surface area contributed by atoms with Gasteiger partial charge in [-0.25, -0.2) is 13.7 Å². The molecule has 1 saturated heterocycles. The average molecular weight is 589 g/mol. The highest BCUT2D eigenvalue weighted by Crippen LogP contribution is 2.66. The smallest absolute Gasteiger partial charge is 0.373 e. The summed E-state index contributed by atoms with van der Waals surface area (Å²) in [5, 5.41) is 3.17. The number of hydrogen-bond donors (Lipinski definition) is 5. The van der Waals surface area contributed by atoms with E-state index in [1.54, 1.807) is 17.7 Å². The van der Waals surface area contributed by atoms with Gasteiger partial charge in [-0.15, -0.1) is 5.92 Å². The van der Waals surface area contributed by atoms with Gasteiger partial charge in [0.25, 0.3) is 0 Å². The quantitative estimate of drug-likeness (QED) is 0.0652. The van der Waals surface area contributed by atoms with Crippen molar-refractivity contribution in [3.63, 3.8) is 0 Å². The second-order valence-electron chi connectivity index (χ2n) is 7.42. The van der Waals surface area contributed by atoms with E-state index in [4.69, 9.17) is 29.0 Å². The van der Waals surface area contributed by atoms with Crippen LogP contribution < -0.4 is 5.32 Å². The van der Waals surface area contributed by atoms with Gasteiger partial charge < -0.3 is 34.4 Å². The Morgan fingerprint density at radius 3 is 2.26 bits per heavy atom. The third-order valence-electron chi connectivity index (χ3n) is 3.53. The Morgan fingerprint density at radius 1 is 1.12 bits per heavy atom. The van der Waals surface area contributed by atoms with Crippen LogP contribution in [0, 0.1) is 11.8 Å². The van der Waals surface area contributed by atoms with Crippen molar-refractivity contribution < 1.29 is 55.9 Å². The summed E-state index contributed by atoms with van der Waals surface area (Å²) in [5.41, 5.74) is 0. The van der Waals surface area contributed by atoms with E-state index >= 15 is 0 Å². The minimum atomic E-state index is -5.45. The van der Waals surface area contributed by atoms with E-state index in [0.717, 1.165) is 13.0 Å².